The molecule has 6 heteroatoms. The second-order valence-electron chi connectivity index (χ2n) is 5.23. The van der Waals surface area contributed by atoms with Crippen molar-refractivity contribution in [2.75, 3.05) is 25.4 Å². The summed E-state index contributed by atoms with van der Waals surface area (Å²) in [5, 5.41) is 8.42. The average molecular weight is 261 g/mol. The van der Waals surface area contributed by atoms with Gasteiger partial charge < -0.3 is 10.2 Å². The monoisotopic (exact) mass is 261 g/mol. The number of nitrogens with two attached hydrogens (primary N) is 1. The summed E-state index contributed by atoms with van der Waals surface area (Å²) in [5.41, 5.74) is 0. The lowest BCUT2D eigenvalue weighted by molar-refractivity contribution is 0.167. The maximum atomic E-state index is 10.8. The highest BCUT2D eigenvalue weighted by Crippen LogP contribution is 2.26. The van der Waals surface area contributed by atoms with Crippen LogP contribution >= 0.6 is 0 Å². The largest absolute Gasteiger partial charge is 0.314 e. The van der Waals surface area contributed by atoms with Gasteiger partial charge in [-0.25, -0.2) is 13.6 Å². The molecule has 2 aliphatic heterocycles. The molecule has 2 fully saturated rings. The van der Waals surface area contributed by atoms with Crippen molar-refractivity contribution >= 4 is 10.0 Å². The van der Waals surface area contributed by atoms with Gasteiger partial charge in [0.05, 0.1) is 5.75 Å². The van der Waals surface area contributed by atoms with E-state index in [1.807, 2.05) is 0 Å². The SMILES string of the molecule is NS(=O)(=O)CCCNC1CCN2CCCC2C1. The van der Waals surface area contributed by atoms with E-state index in [2.05, 4.69) is 10.2 Å². The van der Waals surface area contributed by atoms with Gasteiger partial charge in [-0.15, -0.1) is 0 Å². The minimum absolute atomic E-state index is 0.0856. The molecule has 0 spiro atoms. The van der Waals surface area contributed by atoms with Gasteiger partial charge >= 0.3 is 0 Å². The normalized spacial score (nSPS) is 30.4. The number of nitrogens with zero attached hydrogens (tertiary/aromatic N) is 1. The molecular formula is C11H23N3O2S. The Morgan fingerprint density at radius 2 is 2.12 bits per heavy atom. The number of hydrogen-bond donors (Lipinski definition) is 2. The van der Waals surface area contributed by atoms with Gasteiger partial charge in [-0.1, -0.05) is 0 Å². The van der Waals surface area contributed by atoms with Crippen LogP contribution in [0.1, 0.15) is 32.1 Å². The number of fused-ring (bicyclic) bond motifs is 1. The molecule has 2 aliphatic rings. The summed E-state index contributed by atoms with van der Waals surface area (Å²) in [6.07, 6.45) is 5.68. The van der Waals surface area contributed by atoms with Crippen molar-refractivity contribution < 1.29 is 8.42 Å². The second-order valence-corrected chi connectivity index (χ2v) is 6.96. The maximum absolute atomic E-state index is 10.8. The first-order valence-electron chi connectivity index (χ1n) is 6.52. The quantitative estimate of drug-likeness (QED) is 0.677. The molecule has 100 valence electrons. The molecule has 2 atom stereocenters. The molecule has 3 N–H and O–H groups in total. The molecule has 2 heterocycles. The molecule has 0 aromatic heterocycles. The predicted octanol–water partition coefficient (Wildman–Crippen LogP) is -0.119. The number of piperidine rings is 1. The van der Waals surface area contributed by atoms with Crippen molar-refractivity contribution in [1.82, 2.24) is 10.2 Å². The predicted molar refractivity (Wildman–Crippen MR) is 68.2 cm³/mol. The Morgan fingerprint density at radius 1 is 1.29 bits per heavy atom. The summed E-state index contributed by atoms with van der Waals surface area (Å²) in [4.78, 5) is 2.59. The Bertz CT molecular complexity index is 345. The van der Waals surface area contributed by atoms with Gasteiger partial charge in [0.1, 0.15) is 0 Å². The third kappa shape index (κ3) is 4.21. The minimum Gasteiger partial charge on any atom is -0.314 e. The fourth-order valence-corrected chi connectivity index (χ4v) is 3.54. The Kier molecular flexibility index (Phi) is 4.41. The number of hydrogen-bond acceptors (Lipinski definition) is 4. The Morgan fingerprint density at radius 3 is 2.88 bits per heavy atom. The van der Waals surface area contributed by atoms with Crippen molar-refractivity contribution in [2.24, 2.45) is 5.14 Å². The minimum atomic E-state index is -3.29. The molecule has 2 unspecified atom stereocenters. The summed E-state index contributed by atoms with van der Waals surface area (Å²) >= 11 is 0. The zero-order valence-electron chi connectivity index (χ0n) is 10.3. The molecular weight excluding hydrogens is 238 g/mol. The highest BCUT2D eigenvalue weighted by molar-refractivity contribution is 7.89. The fraction of sp³-hybridized carbons (Fsp3) is 1.00. The van der Waals surface area contributed by atoms with E-state index in [9.17, 15) is 8.42 Å². The van der Waals surface area contributed by atoms with Gasteiger partial charge in [0.25, 0.3) is 0 Å². The lowest BCUT2D eigenvalue weighted by Gasteiger charge is -2.35. The lowest BCUT2D eigenvalue weighted by Crippen LogP contribution is -2.46. The van der Waals surface area contributed by atoms with Gasteiger partial charge in [0, 0.05) is 12.1 Å². The Labute approximate surface area is 104 Å². The van der Waals surface area contributed by atoms with Crippen LogP contribution in [-0.2, 0) is 10.0 Å². The second kappa shape index (κ2) is 5.65. The number of sulfonamides is 1. The van der Waals surface area contributed by atoms with Crippen LogP contribution in [0.5, 0.6) is 0 Å². The van der Waals surface area contributed by atoms with Gasteiger partial charge in [-0.05, 0) is 51.7 Å². The topological polar surface area (TPSA) is 75.4 Å². The van der Waals surface area contributed by atoms with Crippen LogP contribution < -0.4 is 10.5 Å². The van der Waals surface area contributed by atoms with Crippen molar-refractivity contribution in [1.29, 1.82) is 0 Å². The van der Waals surface area contributed by atoms with Crippen molar-refractivity contribution in [3.63, 3.8) is 0 Å². The molecule has 5 nitrogen and oxygen atoms in total. The van der Waals surface area contributed by atoms with Crippen LogP contribution in [0.3, 0.4) is 0 Å². The van der Waals surface area contributed by atoms with E-state index >= 15 is 0 Å². The summed E-state index contributed by atoms with van der Waals surface area (Å²) < 4.78 is 21.6. The van der Waals surface area contributed by atoms with E-state index in [1.54, 1.807) is 0 Å². The van der Waals surface area contributed by atoms with Gasteiger partial charge in [-0.2, -0.15) is 0 Å². The van der Waals surface area contributed by atoms with Crippen molar-refractivity contribution in [3.05, 3.63) is 0 Å². The van der Waals surface area contributed by atoms with E-state index < -0.39 is 10.0 Å². The molecule has 2 saturated heterocycles. The number of nitrogens with one attached hydrogen (secondary N) is 1. The smallest absolute Gasteiger partial charge is 0.209 e. The Hall–Kier alpha value is -0.170. The van der Waals surface area contributed by atoms with Crippen LogP contribution in [0.25, 0.3) is 0 Å². The molecule has 0 aromatic rings. The first kappa shape index (κ1) is 13.3. The van der Waals surface area contributed by atoms with Crippen LogP contribution in [0.4, 0.5) is 0 Å². The Balaban J connectivity index is 1.63. The van der Waals surface area contributed by atoms with Gasteiger partial charge in [0.15, 0.2) is 0 Å². The molecule has 0 saturated carbocycles. The molecule has 0 radical (unpaired) electrons. The average Bonchev–Trinajstić information content (AvgIpc) is 2.70. The van der Waals surface area contributed by atoms with Crippen LogP contribution in [0.2, 0.25) is 0 Å². The molecule has 0 amide bonds. The van der Waals surface area contributed by atoms with E-state index in [0.717, 1.165) is 12.6 Å². The molecule has 2 rings (SSSR count). The van der Waals surface area contributed by atoms with Gasteiger partial charge in [-0.3, -0.25) is 0 Å². The first-order valence-corrected chi connectivity index (χ1v) is 8.24. The summed E-state index contributed by atoms with van der Waals surface area (Å²) in [5.74, 6) is 0.0856. The summed E-state index contributed by atoms with van der Waals surface area (Å²) in [6, 6.07) is 1.33. The van der Waals surface area contributed by atoms with Crippen LogP contribution in [-0.4, -0.2) is 50.8 Å². The highest BCUT2D eigenvalue weighted by atomic mass is 32.2. The zero-order valence-corrected chi connectivity index (χ0v) is 11.1. The highest BCUT2D eigenvalue weighted by Gasteiger charge is 2.31. The zero-order chi connectivity index (χ0) is 12.3. The standard InChI is InChI=1S/C11H23N3O2S/c12-17(15,16)8-2-5-13-10-4-7-14-6-1-3-11(14)9-10/h10-11,13H,1-9H2,(H2,12,15,16). The summed E-state index contributed by atoms with van der Waals surface area (Å²) in [6.45, 7) is 3.22. The third-order valence-corrected chi connectivity index (χ3v) is 4.72. The van der Waals surface area contributed by atoms with Gasteiger partial charge in [0.2, 0.25) is 10.0 Å². The fourth-order valence-electron chi connectivity index (χ4n) is 2.99. The number of primary sulfonamides is 1. The van der Waals surface area contributed by atoms with Crippen molar-refractivity contribution in [2.45, 2.75) is 44.2 Å². The van der Waals surface area contributed by atoms with E-state index in [-0.39, 0.29) is 5.75 Å². The lowest BCUT2D eigenvalue weighted by atomic mass is 9.97. The van der Waals surface area contributed by atoms with E-state index in [1.165, 1.54) is 38.8 Å². The first-order chi connectivity index (χ1) is 8.04. The molecule has 0 aromatic carbocycles. The van der Waals surface area contributed by atoms with E-state index in [0.29, 0.717) is 12.5 Å². The molecule has 0 bridgehead atoms. The molecule has 0 aliphatic carbocycles. The maximum Gasteiger partial charge on any atom is 0.209 e. The van der Waals surface area contributed by atoms with Crippen LogP contribution in [0.15, 0.2) is 0 Å². The van der Waals surface area contributed by atoms with Crippen molar-refractivity contribution in [3.8, 4) is 0 Å². The number of rotatable bonds is 5. The van der Waals surface area contributed by atoms with E-state index in [4.69, 9.17) is 5.14 Å². The summed E-state index contributed by atoms with van der Waals surface area (Å²) in [7, 11) is -3.29. The van der Waals surface area contributed by atoms with Crippen LogP contribution in [0, 0.1) is 0 Å². The third-order valence-electron chi connectivity index (χ3n) is 3.86. The molecule has 17 heavy (non-hydrogen) atoms.